The molecule has 0 spiro atoms. The van der Waals surface area contributed by atoms with Gasteiger partial charge >= 0.3 is 0 Å². The van der Waals surface area contributed by atoms with Crippen molar-refractivity contribution in [2.75, 3.05) is 34.3 Å². The van der Waals surface area contributed by atoms with Gasteiger partial charge in [0.2, 0.25) is 5.91 Å². The Morgan fingerprint density at radius 3 is 2.47 bits per heavy atom. The van der Waals surface area contributed by atoms with E-state index in [0.717, 1.165) is 36.4 Å². The summed E-state index contributed by atoms with van der Waals surface area (Å²) < 4.78 is 7.12. The number of aromatic nitrogens is 2. The SMILES string of the molecule is COc1ccc(CN=C(NCCCc2c(C)nn(C)c2C)NCC(=O)N(C)C)cc1. The molecule has 2 rings (SSSR count). The van der Waals surface area contributed by atoms with E-state index in [9.17, 15) is 4.79 Å². The molecular weight excluding hydrogens is 380 g/mol. The molecule has 0 saturated heterocycles. The van der Waals surface area contributed by atoms with Gasteiger partial charge in [-0.05, 0) is 49.9 Å². The first-order chi connectivity index (χ1) is 14.3. The number of ether oxygens (including phenoxy) is 1. The van der Waals surface area contributed by atoms with Gasteiger partial charge in [0.15, 0.2) is 5.96 Å². The summed E-state index contributed by atoms with van der Waals surface area (Å²) in [6.45, 7) is 5.60. The zero-order chi connectivity index (χ0) is 22.1. The van der Waals surface area contributed by atoms with Crippen molar-refractivity contribution in [1.29, 1.82) is 0 Å². The van der Waals surface area contributed by atoms with Crippen molar-refractivity contribution in [3.63, 3.8) is 0 Å². The standard InChI is InChI=1S/C22H34N6O2/c1-16-20(17(2)28(5)26-16)8-7-13-23-22(25-15-21(29)27(3)4)24-14-18-9-11-19(30-6)12-10-18/h9-12H,7-8,13-15H2,1-6H3,(H2,23,24,25). The normalized spacial score (nSPS) is 11.3. The van der Waals surface area contributed by atoms with Gasteiger partial charge in [-0.1, -0.05) is 12.1 Å². The van der Waals surface area contributed by atoms with Crippen LogP contribution in [0.1, 0.15) is 28.9 Å². The van der Waals surface area contributed by atoms with E-state index in [2.05, 4.69) is 27.6 Å². The number of nitrogens with one attached hydrogen (secondary N) is 2. The fourth-order valence-corrected chi connectivity index (χ4v) is 3.04. The van der Waals surface area contributed by atoms with Gasteiger partial charge in [0.25, 0.3) is 0 Å². The van der Waals surface area contributed by atoms with E-state index in [1.807, 2.05) is 42.9 Å². The molecule has 8 heteroatoms. The third-order valence-corrected chi connectivity index (χ3v) is 5.04. The van der Waals surface area contributed by atoms with E-state index in [1.165, 1.54) is 11.3 Å². The molecule has 0 aliphatic rings. The molecule has 2 N–H and O–H groups in total. The lowest BCUT2D eigenvalue weighted by atomic mass is 10.1. The minimum absolute atomic E-state index is 0.00411. The third-order valence-electron chi connectivity index (χ3n) is 5.04. The Morgan fingerprint density at radius 2 is 1.90 bits per heavy atom. The van der Waals surface area contributed by atoms with Crippen LogP contribution in [0.3, 0.4) is 0 Å². The van der Waals surface area contributed by atoms with Crippen molar-refractivity contribution < 1.29 is 9.53 Å². The van der Waals surface area contributed by atoms with E-state index in [1.54, 1.807) is 26.1 Å². The summed E-state index contributed by atoms with van der Waals surface area (Å²) in [6, 6.07) is 7.80. The van der Waals surface area contributed by atoms with Crippen LogP contribution < -0.4 is 15.4 Å². The number of aliphatic imine (C=N–C) groups is 1. The number of hydrogen-bond acceptors (Lipinski definition) is 4. The van der Waals surface area contributed by atoms with Crippen LogP contribution >= 0.6 is 0 Å². The highest BCUT2D eigenvalue weighted by atomic mass is 16.5. The topological polar surface area (TPSA) is 83.8 Å². The largest absolute Gasteiger partial charge is 0.497 e. The van der Waals surface area contributed by atoms with Gasteiger partial charge in [-0.25, -0.2) is 4.99 Å². The van der Waals surface area contributed by atoms with Crippen molar-refractivity contribution >= 4 is 11.9 Å². The molecule has 1 amide bonds. The summed E-state index contributed by atoms with van der Waals surface area (Å²) in [5, 5.41) is 10.9. The number of rotatable bonds is 9. The molecule has 30 heavy (non-hydrogen) atoms. The Labute approximate surface area is 179 Å². The minimum atomic E-state index is -0.00411. The van der Waals surface area contributed by atoms with E-state index in [0.29, 0.717) is 12.5 Å². The van der Waals surface area contributed by atoms with Crippen LogP contribution in [0.15, 0.2) is 29.3 Å². The monoisotopic (exact) mass is 414 g/mol. The van der Waals surface area contributed by atoms with Crippen LogP contribution in [-0.4, -0.2) is 60.8 Å². The second-order valence-corrected chi connectivity index (χ2v) is 7.46. The number of likely N-dealkylation sites (N-methyl/N-ethyl adjacent to an activating group) is 1. The maximum absolute atomic E-state index is 11.9. The van der Waals surface area contributed by atoms with Gasteiger partial charge in [0.05, 0.1) is 25.9 Å². The molecule has 8 nitrogen and oxygen atoms in total. The Hall–Kier alpha value is -3.03. The van der Waals surface area contributed by atoms with Crippen LogP contribution in [0.5, 0.6) is 5.75 Å². The molecule has 0 saturated carbocycles. The summed E-state index contributed by atoms with van der Waals surface area (Å²) in [7, 11) is 7.10. The van der Waals surface area contributed by atoms with Gasteiger partial charge < -0.3 is 20.3 Å². The highest BCUT2D eigenvalue weighted by molar-refractivity contribution is 5.86. The fourth-order valence-electron chi connectivity index (χ4n) is 3.04. The van der Waals surface area contributed by atoms with Gasteiger partial charge in [-0.3, -0.25) is 9.48 Å². The number of nitrogens with zero attached hydrogens (tertiary/aromatic N) is 4. The molecule has 1 aromatic carbocycles. The molecular formula is C22H34N6O2. The van der Waals surface area contributed by atoms with Gasteiger partial charge in [0.1, 0.15) is 5.75 Å². The molecule has 1 aromatic heterocycles. The number of carbonyl (C=O) groups excluding carboxylic acids is 1. The van der Waals surface area contributed by atoms with Crippen LogP contribution in [0.25, 0.3) is 0 Å². The van der Waals surface area contributed by atoms with Crippen LogP contribution in [0.2, 0.25) is 0 Å². The number of aryl methyl sites for hydroxylation is 2. The van der Waals surface area contributed by atoms with E-state index >= 15 is 0 Å². The van der Waals surface area contributed by atoms with Gasteiger partial charge in [0, 0.05) is 33.4 Å². The zero-order valence-corrected chi connectivity index (χ0v) is 19.0. The first kappa shape index (κ1) is 23.3. The van der Waals surface area contributed by atoms with E-state index in [-0.39, 0.29) is 12.5 Å². The summed E-state index contributed by atoms with van der Waals surface area (Å²) in [6.07, 6.45) is 1.89. The van der Waals surface area contributed by atoms with E-state index in [4.69, 9.17) is 4.74 Å². The Morgan fingerprint density at radius 1 is 1.20 bits per heavy atom. The number of guanidine groups is 1. The van der Waals surface area contributed by atoms with Gasteiger partial charge in [-0.15, -0.1) is 0 Å². The molecule has 2 aromatic rings. The summed E-state index contributed by atoms with van der Waals surface area (Å²) in [5.41, 5.74) is 4.65. The lowest BCUT2D eigenvalue weighted by Crippen LogP contribution is -2.43. The molecule has 0 fully saturated rings. The Bertz CT molecular complexity index is 855. The summed E-state index contributed by atoms with van der Waals surface area (Å²) >= 11 is 0. The number of carbonyl (C=O) groups is 1. The zero-order valence-electron chi connectivity index (χ0n) is 19.0. The molecule has 0 bridgehead atoms. The number of benzene rings is 1. The third kappa shape index (κ3) is 6.79. The summed E-state index contributed by atoms with van der Waals surface area (Å²) in [4.78, 5) is 18.1. The molecule has 0 atom stereocenters. The smallest absolute Gasteiger partial charge is 0.241 e. The lowest BCUT2D eigenvalue weighted by Gasteiger charge is -2.15. The maximum atomic E-state index is 11.9. The highest BCUT2D eigenvalue weighted by Crippen LogP contribution is 2.14. The second-order valence-electron chi connectivity index (χ2n) is 7.46. The maximum Gasteiger partial charge on any atom is 0.241 e. The van der Waals surface area contributed by atoms with E-state index < -0.39 is 0 Å². The van der Waals surface area contributed by atoms with Crippen LogP contribution in [-0.2, 0) is 24.8 Å². The fraction of sp³-hybridized carbons (Fsp3) is 0.500. The molecule has 0 unspecified atom stereocenters. The predicted molar refractivity (Wildman–Crippen MR) is 120 cm³/mol. The number of amides is 1. The predicted octanol–water partition coefficient (Wildman–Crippen LogP) is 1.80. The van der Waals surface area contributed by atoms with Crippen molar-refractivity contribution in [2.45, 2.75) is 33.2 Å². The Kier molecular flexibility index (Phi) is 8.70. The molecule has 0 aliphatic carbocycles. The Balaban J connectivity index is 1.94. The molecule has 0 aliphatic heterocycles. The molecule has 164 valence electrons. The number of hydrogen-bond donors (Lipinski definition) is 2. The first-order valence-electron chi connectivity index (χ1n) is 10.2. The second kappa shape index (κ2) is 11.2. The first-order valence-corrected chi connectivity index (χ1v) is 10.2. The highest BCUT2D eigenvalue weighted by Gasteiger charge is 2.09. The van der Waals surface area contributed by atoms with Crippen molar-refractivity contribution in [2.24, 2.45) is 12.0 Å². The van der Waals surface area contributed by atoms with Crippen molar-refractivity contribution in [3.05, 3.63) is 46.8 Å². The van der Waals surface area contributed by atoms with Gasteiger partial charge in [-0.2, -0.15) is 5.10 Å². The van der Waals surface area contributed by atoms with Crippen molar-refractivity contribution in [1.82, 2.24) is 25.3 Å². The van der Waals surface area contributed by atoms with Crippen LogP contribution in [0, 0.1) is 13.8 Å². The lowest BCUT2D eigenvalue weighted by molar-refractivity contribution is -0.127. The van der Waals surface area contributed by atoms with Crippen molar-refractivity contribution in [3.8, 4) is 5.75 Å². The number of methoxy groups -OCH3 is 1. The molecule has 1 heterocycles. The average molecular weight is 415 g/mol. The van der Waals surface area contributed by atoms with Crippen LogP contribution in [0.4, 0.5) is 0 Å². The summed E-state index contributed by atoms with van der Waals surface area (Å²) in [5.74, 6) is 1.44. The minimum Gasteiger partial charge on any atom is -0.497 e. The molecule has 0 radical (unpaired) electrons. The average Bonchev–Trinajstić information content (AvgIpc) is 2.98. The quantitative estimate of drug-likeness (QED) is 0.371.